The van der Waals surface area contributed by atoms with Crippen molar-refractivity contribution in [3.8, 4) is 27.8 Å². The van der Waals surface area contributed by atoms with Crippen LogP contribution in [0.25, 0.3) is 31.8 Å². The van der Waals surface area contributed by atoms with Crippen LogP contribution in [-0.2, 0) is 5.75 Å². The predicted molar refractivity (Wildman–Crippen MR) is 176 cm³/mol. The third-order valence-electron chi connectivity index (χ3n) is 6.60. The molecule has 0 fully saturated rings. The molecule has 2 N–H and O–H groups in total. The van der Waals surface area contributed by atoms with E-state index in [0.717, 1.165) is 21.4 Å². The minimum atomic E-state index is -0.495. The number of thioether (sulfide) groups is 1. The Balaban J connectivity index is 1.23. The van der Waals surface area contributed by atoms with E-state index in [4.69, 9.17) is 23.2 Å². The average molecular weight is 640 g/mol. The minimum Gasteiger partial charge on any atom is -0.322 e. The number of rotatable bonds is 7. The van der Waals surface area contributed by atoms with Crippen molar-refractivity contribution in [2.45, 2.75) is 10.9 Å². The number of carbonyl (C=O) groups excluding carboxylic acids is 1. The molecule has 0 atom stereocenters. The number of aromatic amines is 1. The zero-order valence-electron chi connectivity index (χ0n) is 22.2. The number of thiophene rings is 1. The smallest absolute Gasteiger partial charge is 0.270 e. The number of benzene rings is 4. The van der Waals surface area contributed by atoms with E-state index in [1.165, 1.54) is 22.5 Å². The molecule has 0 radical (unpaired) electrons. The molecule has 0 saturated carbocycles. The van der Waals surface area contributed by atoms with Crippen molar-refractivity contribution in [3.05, 3.63) is 134 Å². The Bertz CT molecular complexity index is 2080. The predicted octanol–water partition coefficient (Wildman–Crippen LogP) is 9.04. The second-order valence-corrected chi connectivity index (χ2v) is 12.4. The van der Waals surface area contributed by atoms with E-state index in [-0.39, 0.29) is 11.5 Å². The second-order valence-electron chi connectivity index (χ2n) is 9.51. The molecule has 6 nitrogen and oxygen atoms in total. The fourth-order valence-corrected chi connectivity index (χ4v) is 6.67. The monoisotopic (exact) mass is 638 g/mol. The lowest BCUT2D eigenvalue weighted by Gasteiger charge is -2.09. The standard InChI is InChI=1S/C33H20Cl2N4O2S2/c34-26-12-11-23(15-27(26)35)31(40)37-24-9-3-5-19(13-24)18-42-33-38-30(25(17-36)32(41)39-33)22-8-4-7-20(14-22)29-16-21-6-1-2-10-28(21)43-29/h1-16H,18H2,(H,37,40)(H,38,39,41). The SMILES string of the molecule is N#Cc1c(-c2cccc(-c3cc4ccccc4s3)c2)nc(SCc2cccc(NC(=O)c3ccc(Cl)c(Cl)c3)c2)[nH]c1=O. The number of H-pyrrole nitrogens is 1. The van der Waals surface area contributed by atoms with Crippen LogP contribution in [0.1, 0.15) is 21.5 Å². The summed E-state index contributed by atoms with van der Waals surface area (Å²) in [5.74, 6) is 0.149. The number of nitrogens with zero attached hydrogens (tertiary/aromatic N) is 2. The van der Waals surface area contributed by atoms with E-state index in [1.807, 2.05) is 60.7 Å². The van der Waals surface area contributed by atoms with Gasteiger partial charge in [0.2, 0.25) is 0 Å². The van der Waals surface area contributed by atoms with Gasteiger partial charge >= 0.3 is 0 Å². The van der Waals surface area contributed by atoms with Crippen molar-refractivity contribution in [2.24, 2.45) is 0 Å². The zero-order chi connectivity index (χ0) is 29.9. The molecule has 210 valence electrons. The van der Waals surface area contributed by atoms with Crippen LogP contribution in [0.4, 0.5) is 5.69 Å². The van der Waals surface area contributed by atoms with Crippen LogP contribution in [0.15, 0.2) is 107 Å². The van der Waals surface area contributed by atoms with Crippen molar-refractivity contribution in [2.75, 3.05) is 5.32 Å². The van der Waals surface area contributed by atoms with Gasteiger partial charge in [0, 0.05) is 32.1 Å². The molecule has 0 aliphatic rings. The van der Waals surface area contributed by atoms with Crippen molar-refractivity contribution >= 4 is 68.0 Å². The molecule has 0 unspecified atom stereocenters. The van der Waals surface area contributed by atoms with Gasteiger partial charge in [-0.15, -0.1) is 11.3 Å². The maximum absolute atomic E-state index is 12.9. The van der Waals surface area contributed by atoms with Crippen LogP contribution in [-0.4, -0.2) is 15.9 Å². The molecule has 0 aliphatic heterocycles. The van der Waals surface area contributed by atoms with Gasteiger partial charge in [-0.1, -0.05) is 83.5 Å². The first-order valence-electron chi connectivity index (χ1n) is 13.0. The van der Waals surface area contributed by atoms with Crippen molar-refractivity contribution in [1.82, 2.24) is 9.97 Å². The second kappa shape index (κ2) is 12.5. The summed E-state index contributed by atoms with van der Waals surface area (Å²) in [5, 5.41) is 14.9. The summed E-state index contributed by atoms with van der Waals surface area (Å²) in [7, 11) is 0. The Morgan fingerprint density at radius 3 is 2.56 bits per heavy atom. The summed E-state index contributed by atoms with van der Waals surface area (Å²) in [4.78, 5) is 34.1. The Morgan fingerprint density at radius 2 is 1.74 bits per heavy atom. The van der Waals surface area contributed by atoms with Gasteiger partial charge in [0.15, 0.2) is 5.16 Å². The third kappa shape index (κ3) is 6.36. The lowest BCUT2D eigenvalue weighted by molar-refractivity contribution is 0.102. The van der Waals surface area contributed by atoms with E-state index in [0.29, 0.717) is 43.5 Å². The lowest BCUT2D eigenvalue weighted by Crippen LogP contribution is -2.14. The molecule has 4 aromatic carbocycles. The highest BCUT2D eigenvalue weighted by Crippen LogP contribution is 2.35. The molecule has 0 aliphatic carbocycles. The van der Waals surface area contributed by atoms with Gasteiger partial charge in [0.05, 0.1) is 15.7 Å². The first-order valence-corrected chi connectivity index (χ1v) is 15.6. The molecule has 0 bridgehead atoms. The number of hydrogen-bond acceptors (Lipinski definition) is 6. The van der Waals surface area contributed by atoms with Gasteiger partial charge in [-0.25, -0.2) is 4.98 Å². The molecular weight excluding hydrogens is 619 g/mol. The van der Waals surface area contributed by atoms with Crippen molar-refractivity contribution in [3.63, 3.8) is 0 Å². The Morgan fingerprint density at radius 1 is 0.930 bits per heavy atom. The first kappa shape index (κ1) is 28.7. The van der Waals surface area contributed by atoms with E-state index in [2.05, 4.69) is 33.5 Å². The molecule has 2 aromatic heterocycles. The van der Waals surface area contributed by atoms with E-state index >= 15 is 0 Å². The van der Waals surface area contributed by atoms with E-state index < -0.39 is 5.56 Å². The number of halogens is 2. The normalized spacial score (nSPS) is 10.9. The first-order chi connectivity index (χ1) is 20.9. The summed E-state index contributed by atoms with van der Waals surface area (Å²) in [6, 6.07) is 32.2. The van der Waals surface area contributed by atoms with E-state index in [9.17, 15) is 14.9 Å². The van der Waals surface area contributed by atoms with Gasteiger partial charge in [-0.05, 0) is 65.0 Å². The number of anilines is 1. The molecule has 1 amide bonds. The Kier molecular flexibility index (Phi) is 8.32. The topological polar surface area (TPSA) is 98.6 Å². The van der Waals surface area contributed by atoms with Crippen LogP contribution in [0.5, 0.6) is 0 Å². The van der Waals surface area contributed by atoms with Gasteiger partial charge in [0.25, 0.3) is 11.5 Å². The molecular formula is C33H20Cl2N4O2S2. The molecule has 43 heavy (non-hydrogen) atoms. The van der Waals surface area contributed by atoms with Gasteiger partial charge in [-0.2, -0.15) is 5.26 Å². The van der Waals surface area contributed by atoms with Gasteiger partial charge in [-0.3, -0.25) is 9.59 Å². The third-order valence-corrected chi connectivity index (χ3v) is 9.45. The minimum absolute atomic E-state index is 0.0372. The van der Waals surface area contributed by atoms with Gasteiger partial charge in [0.1, 0.15) is 11.6 Å². The Hall–Kier alpha value is -4.39. The molecule has 2 heterocycles. The van der Waals surface area contributed by atoms with Crippen LogP contribution >= 0.6 is 46.3 Å². The maximum Gasteiger partial charge on any atom is 0.270 e. The van der Waals surface area contributed by atoms with Crippen LogP contribution in [0.3, 0.4) is 0 Å². The molecule has 6 aromatic rings. The van der Waals surface area contributed by atoms with Gasteiger partial charge < -0.3 is 10.3 Å². The highest BCUT2D eigenvalue weighted by atomic mass is 35.5. The summed E-state index contributed by atoms with van der Waals surface area (Å²) < 4.78 is 1.19. The highest BCUT2D eigenvalue weighted by molar-refractivity contribution is 7.98. The quantitative estimate of drug-likeness (QED) is 0.134. The number of fused-ring (bicyclic) bond motifs is 1. The number of nitriles is 1. The number of amides is 1. The summed E-state index contributed by atoms with van der Waals surface area (Å²) in [6.07, 6.45) is 0. The average Bonchev–Trinajstić information content (AvgIpc) is 3.46. The largest absolute Gasteiger partial charge is 0.322 e. The summed E-state index contributed by atoms with van der Waals surface area (Å²) >= 11 is 15.0. The van der Waals surface area contributed by atoms with Crippen LogP contribution in [0.2, 0.25) is 10.0 Å². The van der Waals surface area contributed by atoms with E-state index in [1.54, 1.807) is 29.5 Å². The van der Waals surface area contributed by atoms with Crippen LogP contribution in [0, 0.1) is 11.3 Å². The van der Waals surface area contributed by atoms with Crippen LogP contribution < -0.4 is 10.9 Å². The summed E-state index contributed by atoms with van der Waals surface area (Å²) in [5.41, 5.74) is 3.36. The summed E-state index contributed by atoms with van der Waals surface area (Å²) in [6.45, 7) is 0. The lowest BCUT2D eigenvalue weighted by atomic mass is 10.0. The molecule has 0 saturated heterocycles. The number of aromatic nitrogens is 2. The molecule has 10 heteroatoms. The maximum atomic E-state index is 12.9. The van der Waals surface area contributed by atoms with Crippen molar-refractivity contribution in [1.29, 1.82) is 5.26 Å². The number of nitrogens with one attached hydrogen (secondary N) is 2. The fraction of sp³-hybridized carbons (Fsp3) is 0.0303. The van der Waals surface area contributed by atoms with Crippen molar-refractivity contribution < 1.29 is 4.79 Å². The molecule has 0 spiro atoms. The zero-order valence-corrected chi connectivity index (χ0v) is 25.4. The highest BCUT2D eigenvalue weighted by Gasteiger charge is 2.16. The number of hydrogen-bond donors (Lipinski definition) is 2. The molecule has 6 rings (SSSR count). The fourth-order valence-electron chi connectivity index (χ4n) is 4.51. The number of carbonyl (C=O) groups is 1. The Labute approximate surface area is 265 Å².